The number of likely N-dealkylation sites (tertiary alicyclic amines) is 1. The molecule has 24 heavy (non-hydrogen) atoms. The Morgan fingerprint density at radius 3 is 2.96 bits per heavy atom. The lowest BCUT2D eigenvalue weighted by Gasteiger charge is -2.35. The lowest BCUT2D eigenvalue weighted by Crippen LogP contribution is -2.50. The van der Waals surface area contributed by atoms with Crippen molar-refractivity contribution in [2.75, 3.05) is 20.1 Å². The van der Waals surface area contributed by atoms with Gasteiger partial charge in [-0.15, -0.1) is 0 Å². The molecule has 2 fully saturated rings. The van der Waals surface area contributed by atoms with Crippen molar-refractivity contribution in [1.82, 2.24) is 24.9 Å². The maximum absolute atomic E-state index is 11.8. The molecule has 6 nitrogen and oxygen atoms in total. The highest BCUT2D eigenvalue weighted by atomic mass is 16.2. The average Bonchev–Trinajstić information content (AvgIpc) is 3.13. The number of piperidine rings is 1. The van der Waals surface area contributed by atoms with Crippen molar-refractivity contribution in [3.05, 3.63) is 47.8 Å². The number of nitrogens with zero attached hydrogens (tertiary/aromatic N) is 4. The van der Waals surface area contributed by atoms with Crippen LogP contribution in [0.25, 0.3) is 5.69 Å². The Bertz CT molecular complexity index is 755. The zero-order valence-electron chi connectivity index (χ0n) is 14.1. The molecule has 0 spiro atoms. The van der Waals surface area contributed by atoms with Gasteiger partial charge < -0.3 is 10.2 Å². The predicted molar refractivity (Wildman–Crippen MR) is 92.1 cm³/mol. The summed E-state index contributed by atoms with van der Waals surface area (Å²) in [4.78, 5) is 16.1. The van der Waals surface area contributed by atoms with E-state index in [0.717, 1.165) is 31.7 Å². The van der Waals surface area contributed by atoms with E-state index in [2.05, 4.69) is 40.4 Å². The van der Waals surface area contributed by atoms with Crippen LogP contribution in [0.2, 0.25) is 0 Å². The number of benzene rings is 1. The molecule has 2 saturated heterocycles. The van der Waals surface area contributed by atoms with Crippen molar-refractivity contribution in [3.63, 3.8) is 0 Å². The van der Waals surface area contributed by atoms with Crippen molar-refractivity contribution in [2.45, 2.75) is 32.0 Å². The first-order chi connectivity index (χ1) is 11.6. The van der Waals surface area contributed by atoms with E-state index in [1.165, 1.54) is 11.3 Å². The number of amides is 2. The lowest BCUT2D eigenvalue weighted by atomic mass is 10.00. The van der Waals surface area contributed by atoms with Gasteiger partial charge in [-0.2, -0.15) is 5.10 Å². The summed E-state index contributed by atoms with van der Waals surface area (Å²) in [6.07, 6.45) is 2.87. The summed E-state index contributed by atoms with van der Waals surface area (Å²) in [6.45, 7) is 4.84. The van der Waals surface area contributed by atoms with E-state index in [4.69, 9.17) is 0 Å². The maximum Gasteiger partial charge on any atom is 0.317 e. The van der Waals surface area contributed by atoms with Crippen molar-refractivity contribution in [2.24, 2.45) is 0 Å². The van der Waals surface area contributed by atoms with Crippen LogP contribution in [0.15, 0.2) is 36.5 Å². The Labute approximate surface area is 142 Å². The highest BCUT2D eigenvalue weighted by molar-refractivity contribution is 5.77. The maximum atomic E-state index is 11.8. The fourth-order valence-electron chi connectivity index (χ4n) is 3.86. The third-order valence-electron chi connectivity index (χ3n) is 5.24. The smallest absolute Gasteiger partial charge is 0.317 e. The summed E-state index contributed by atoms with van der Waals surface area (Å²) in [5.41, 5.74) is 3.52. The monoisotopic (exact) mass is 325 g/mol. The van der Waals surface area contributed by atoms with Crippen LogP contribution in [-0.4, -0.2) is 57.8 Å². The van der Waals surface area contributed by atoms with E-state index >= 15 is 0 Å². The van der Waals surface area contributed by atoms with E-state index in [-0.39, 0.29) is 12.1 Å². The first-order valence-electron chi connectivity index (χ1n) is 8.48. The van der Waals surface area contributed by atoms with Gasteiger partial charge in [-0.3, -0.25) is 4.90 Å². The second-order valence-corrected chi connectivity index (χ2v) is 6.78. The number of urea groups is 1. The molecule has 1 aromatic carbocycles. The minimum atomic E-state index is 0.0526. The quantitative estimate of drug-likeness (QED) is 0.936. The zero-order chi connectivity index (χ0) is 16.7. The van der Waals surface area contributed by atoms with Gasteiger partial charge in [0.25, 0.3) is 0 Å². The topological polar surface area (TPSA) is 53.4 Å². The lowest BCUT2D eigenvalue weighted by molar-refractivity contribution is 0.145. The summed E-state index contributed by atoms with van der Waals surface area (Å²) in [6, 6.07) is 11.0. The van der Waals surface area contributed by atoms with Crippen LogP contribution < -0.4 is 5.32 Å². The predicted octanol–water partition coefficient (Wildman–Crippen LogP) is 1.78. The molecule has 2 aliphatic rings. The number of hydrogen-bond acceptors (Lipinski definition) is 3. The number of aromatic nitrogens is 2. The molecule has 1 aromatic heterocycles. The molecule has 0 unspecified atom stereocenters. The zero-order valence-corrected chi connectivity index (χ0v) is 14.1. The van der Waals surface area contributed by atoms with Gasteiger partial charge in [-0.1, -0.05) is 18.2 Å². The molecule has 4 rings (SSSR count). The summed E-state index contributed by atoms with van der Waals surface area (Å²) in [5, 5.41) is 7.61. The number of aryl methyl sites for hydroxylation is 1. The number of fused-ring (bicyclic) bond motifs is 1. The van der Waals surface area contributed by atoms with Gasteiger partial charge in [-0.25, -0.2) is 9.48 Å². The highest BCUT2D eigenvalue weighted by Crippen LogP contribution is 2.23. The Kier molecular flexibility index (Phi) is 3.76. The molecule has 0 radical (unpaired) electrons. The average molecular weight is 325 g/mol. The fraction of sp³-hybridized carbons (Fsp3) is 0.444. The molecule has 1 N–H and O–H groups in total. The van der Waals surface area contributed by atoms with Gasteiger partial charge in [0.2, 0.25) is 0 Å². The number of nitrogens with one attached hydrogen (secondary N) is 1. The minimum Gasteiger partial charge on any atom is -0.332 e. The van der Waals surface area contributed by atoms with E-state index in [0.29, 0.717) is 6.04 Å². The Morgan fingerprint density at radius 2 is 2.12 bits per heavy atom. The van der Waals surface area contributed by atoms with E-state index in [1.807, 2.05) is 35.0 Å². The molecular weight excluding hydrogens is 302 g/mol. The third kappa shape index (κ3) is 2.57. The number of likely N-dealkylation sites (N-methyl/N-ethyl adjacent to an activating group) is 1. The Balaban J connectivity index is 1.51. The van der Waals surface area contributed by atoms with Crippen LogP contribution >= 0.6 is 0 Å². The molecule has 6 heteroatoms. The highest BCUT2D eigenvalue weighted by Gasteiger charge is 2.40. The summed E-state index contributed by atoms with van der Waals surface area (Å²) < 4.78 is 2.03. The minimum absolute atomic E-state index is 0.0526. The molecular formula is C18H23N5O. The van der Waals surface area contributed by atoms with Crippen molar-refractivity contribution < 1.29 is 4.79 Å². The largest absolute Gasteiger partial charge is 0.332 e. The van der Waals surface area contributed by atoms with E-state index < -0.39 is 0 Å². The standard InChI is InChI=1S/C18H23N5O/c1-13-5-3-4-6-16(13)23-14(7-9-19-23)11-22-10-8-17-15(12-22)20-18(24)21(17)2/h3-7,9,15,17H,8,10-12H2,1-2H3,(H,20,24)/t15-,17+/m1/s1. The van der Waals surface area contributed by atoms with Crippen LogP contribution in [0, 0.1) is 6.92 Å². The van der Waals surface area contributed by atoms with Gasteiger partial charge in [0.05, 0.1) is 23.5 Å². The number of carbonyl (C=O) groups is 1. The second kappa shape index (κ2) is 5.94. The van der Waals surface area contributed by atoms with Crippen molar-refractivity contribution in [3.8, 4) is 5.69 Å². The van der Waals surface area contributed by atoms with Crippen LogP contribution in [0.1, 0.15) is 17.7 Å². The molecule has 2 aromatic rings. The van der Waals surface area contributed by atoms with Gasteiger partial charge in [0.1, 0.15) is 0 Å². The number of rotatable bonds is 3. The van der Waals surface area contributed by atoms with Crippen molar-refractivity contribution >= 4 is 6.03 Å². The molecule has 0 saturated carbocycles. The molecule has 2 amide bonds. The Hall–Kier alpha value is -2.34. The second-order valence-electron chi connectivity index (χ2n) is 6.78. The first-order valence-corrected chi connectivity index (χ1v) is 8.48. The van der Waals surface area contributed by atoms with Gasteiger partial charge in [-0.05, 0) is 31.0 Å². The van der Waals surface area contributed by atoms with E-state index in [1.54, 1.807) is 0 Å². The number of carbonyl (C=O) groups excluding carboxylic acids is 1. The molecule has 126 valence electrons. The summed E-state index contributed by atoms with van der Waals surface area (Å²) >= 11 is 0. The van der Waals surface area contributed by atoms with Gasteiger partial charge in [0.15, 0.2) is 0 Å². The van der Waals surface area contributed by atoms with Gasteiger partial charge >= 0.3 is 6.03 Å². The number of para-hydroxylation sites is 1. The Morgan fingerprint density at radius 1 is 1.29 bits per heavy atom. The van der Waals surface area contributed by atoms with Crippen molar-refractivity contribution in [1.29, 1.82) is 0 Å². The molecule has 2 atom stereocenters. The molecule has 2 aliphatic heterocycles. The molecule has 0 bridgehead atoms. The SMILES string of the molecule is Cc1ccccc1-n1nccc1CN1CC[C@H]2[C@@H](C1)NC(=O)N2C. The first kappa shape index (κ1) is 15.2. The van der Waals surface area contributed by atoms with E-state index in [9.17, 15) is 4.79 Å². The van der Waals surface area contributed by atoms with Crippen LogP contribution in [0.5, 0.6) is 0 Å². The fourth-order valence-corrected chi connectivity index (χ4v) is 3.86. The molecule has 0 aliphatic carbocycles. The molecule has 3 heterocycles. The normalized spacial score (nSPS) is 24.1. The third-order valence-corrected chi connectivity index (χ3v) is 5.24. The summed E-state index contributed by atoms with van der Waals surface area (Å²) in [7, 11) is 1.89. The summed E-state index contributed by atoms with van der Waals surface area (Å²) in [5.74, 6) is 0. The van der Waals surface area contributed by atoms with Crippen LogP contribution in [0.3, 0.4) is 0 Å². The number of hydrogen-bond donors (Lipinski definition) is 1. The van der Waals surface area contributed by atoms with Crippen LogP contribution in [0.4, 0.5) is 4.79 Å². The van der Waals surface area contributed by atoms with Crippen LogP contribution in [-0.2, 0) is 6.54 Å². The van der Waals surface area contributed by atoms with Gasteiger partial charge in [0, 0.05) is 32.9 Å².